The number of ketones is 1. The van der Waals surface area contributed by atoms with Gasteiger partial charge in [0.15, 0.2) is 6.10 Å². The number of carbonyl (C=O) groups excluding carboxylic acids is 1. The number of aliphatic hydroxyl groups excluding tert-OH is 1. The third-order valence-corrected chi connectivity index (χ3v) is 5.80. The lowest BCUT2D eigenvalue weighted by atomic mass is 9.89. The number of carbonyl (C=O) groups is 2. The van der Waals surface area contributed by atoms with E-state index in [0.29, 0.717) is 32.1 Å². The van der Waals surface area contributed by atoms with E-state index in [9.17, 15) is 19.8 Å². The van der Waals surface area contributed by atoms with Gasteiger partial charge in [-0.15, -0.1) is 6.58 Å². The first-order valence-electron chi connectivity index (χ1n) is 10.9. The van der Waals surface area contributed by atoms with Gasteiger partial charge in [0.2, 0.25) is 0 Å². The number of carboxylic acids is 1. The average Bonchev–Trinajstić information content (AvgIpc) is 3.04. The fraction of sp³-hybridized carbons (Fsp3) is 0.667. The number of aliphatic hydroxyl groups is 2. The summed E-state index contributed by atoms with van der Waals surface area (Å²) in [4.78, 5) is 22.8. The first-order valence-corrected chi connectivity index (χ1v) is 10.9. The van der Waals surface area contributed by atoms with Gasteiger partial charge in [0.05, 0.1) is 5.60 Å². The van der Waals surface area contributed by atoms with Crippen molar-refractivity contribution in [2.45, 2.75) is 89.3 Å². The number of aliphatic carboxylic acids is 1. The van der Waals surface area contributed by atoms with Gasteiger partial charge < -0.3 is 15.3 Å². The van der Waals surface area contributed by atoms with Crippen molar-refractivity contribution in [3.8, 4) is 0 Å². The van der Waals surface area contributed by atoms with Crippen molar-refractivity contribution in [2.75, 3.05) is 0 Å². The van der Waals surface area contributed by atoms with Crippen molar-refractivity contribution in [2.24, 2.45) is 11.8 Å². The number of Topliss-reactive ketones (excluding diaryl/α,β-unsaturated/α-hetero) is 1. The monoisotopic (exact) mass is 406 g/mol. The quantitative estimate of drug-likeness (QED) is 0.273. The molecule has 0 aromatic heterocycles. The van der Waals surface area contributed by atoms with E-state index in [1.165, 1.54) is 6.42 Å². The molecule has 0 heterocycles. The minimum atomic E-state index is -1.34. The second kappa shape index (κ2) is 13.5. The van der Waals surface area contributed by atoms with E-state index in [2.05, 4.69) is 19.6 Å². The van der Waals surface area contributed by atoms with Gasteiger partial charge in [0.25, 0.3) is 0 Å². The minimum Gasteiger partial charge on any atom is -0.479 e. The van der Waals surface area contributed by atoms with Crippen molar-refractivity contribution in [1.29, 1.82) is 0 Å². The fourth-order valence-electron chi connectivity index (χ4n) is 3.80. The summed E-state index contributed by atoms with van der Waals surface area (Å²) in [6, 6.07) is 0. The van der Waals surface area contributed by atoms with E-state index in [-0.39, 0.29) is 24.0 Å². The van der Waals surface area contributed by atoms with E-state index in [1.54, 1.807) is 6.08 Å². The van der Waals surface area contributed by atoms with Crippen molar-refractivity contribution >= 4 is 11.8 Å². The fourth-order valence-corrected chi connectivity index (χ4v) is 3.80. The standard InChI is InChI=1S/C24H38O5/c1-3-5-6-10-17-24(29,4-2)18-11-12-19-15-16-21(25)20(19)13-8-7-9-14-22(26)23(27)28/h4,7-8,11-12,19-20,22,26,29H,2-3,5-6,9-10,13-18H2,1H3,(H,27,28)/t19-,20+,22?,24?/m0/s1. The normalized spacial score (nSPS) is 22.9. The second-order valence-corrected chi connectivity index (χ2v) is 8.16. The van der Waals surface area contributed by atoms with Gasteiger partial charge in [-0.1, -0.05) is 63.0 Å². The summed E-state index contributed by atoms with van der Waals surface area (Å²) >= 11 is 0. The highest BCUT2D eigenvalue weighted by molar-refractivity contribution is 5.83. The average molecular weight is 407 g/mol. The first-order chi connectivity index (χ1) is 13.8. The SMILES string of the molecule is C=CC(O)(CC=C[C@H]1CCC(=O)[C@@H]1CC=CCCC(O)C(=O)O)CCCCCC. The lowest BCUT2D eigenvalue weighted by Crippen LogP contribution is -2.24. The highest BCUT2D eigenvalue weighted by Gasteiger charge is 2.32. The maximum Gasteiger partial charge on any atom is 0.332 e. The van der Waals surface area contributed by atoms with E-state index in [0.717, 1.165) is 25.7 Å². The maximum absolute atomic E-state index is 12.2. The van der Waals surface area contributed by atoms with Crippen LogP contribution in [0.4, 0.5) is 0 Å². The van der Waals surface area contributed by atoms with Crippen LogP contribution in [0.25, 0.3) is 0 Å². The lowest BCUT2D eigenvalue weighted by molar-refractivity contribution is -0.146. The van der Waals surface area contributed by atoms with E-state index in [1.807, 2.05) is 18.2 Å². The molecule has 1 fully saturated rings. The molecule has 0 aliphatic heterocycles. The van der Waals surface area contributed by atoms with Crippen LogP contribution in [0.3, 0.4) is 0 Å². The molecule has 0 amide bonds. The molecule has 1 aliphatic rings. The smallest absolute Gasteiger partial charge is 0.332 e. The molecule has 5 nitrogen and oxygen atoms in total. The number of rotatable bonds is 15. The molecule has 0 aromatic carbocycles. The summed E-state index contributed by atoms with van der Waals surface area (Å²) in [6.45, 7) is 5.95. The molecule has 0 spiro atoms. The molecule has 164 valence electrons. The summed E-state index contributed by atoms with van der Waals surface area (Å²) in [5.74, 6) is -0.841. The van der Waals surface area contributed by atoms with Crippen LogP contribution in [0.1, 0.15) is 77.6 Å². The maximum atomic E-state index is 12.2. The molecule has 0 radical (unpaired) electrons. The molecule has 0 bridgehead atoms. The Morgan fingerprint density at radius 3 is 2.69 bits per heavy atom. The Labute approximate surface area is 175 Å². The van der Waals surface area contributed by atoms with Crippen molar-refractivity contribution in [3.05, 3.63) is 37.0 Å². The van der Waals surface area contributed by atoms with Gasteiger partial charge in [-0.05, 0) is 44.4 Å². The number of allylic oxidation sites excluding steroid dienone is 3. The Morgan fingerprint density at radius 1 is 1.28 bits per heavy atom. The zero-order chi connectivity index (χ0) is 21.7. The van der Waals surface area contributed by atoms with Crippen LogP contribution in [0.15, 0.2) is 37.0 Å². The number of unbranched alkanes of at least 4 members (excludes halogenated alkanes) is 3. The lowest BCUT2D eigenvalue weighted by Gasteiger charge is -2.23. The molecule has 29 heavy (non-hydrogen) atoms. The molecule has 4 atom stereocenters. The van der Waals surface area contributed by atoms with E-state index < -0.39 is 17.7 Å². The molecular formula is C24H38O5. The molecule has 5 heteroatoms. The molecule has 2 unspecified atom stereocenters. The zero-order valence-electron chi connectivity index (χ0n) is 17.8. The molecule has 1 aliphatic carbocycles. The molecule has 1 saturated carbocycles. The van der Waals surface area contributed by atoms with E-state index >= 15 is 0 Å². The predicted molar refractivity (Wildman–Crippen MR) is 116 cm³/mol. The Hall–Kier alpha value is -1.72. The van der Waals surface area contributed by atoms with Crippen molar-refractivity contribution in [3.63, 3.8) is 0 Å². The summed E-state index contributed by atoms with van der Waals surface area (Å²) in [7, 11) is 0. The van der Waals surface area contributed by atoms with E-state index in [4.69, 9.17) is 5.11 Å². The molecule has 1 rings (SSSR count). The van der Waals surface area contributed by atoms with Crippen LogP contribution in [0.2, 0.25) is 0 Å². The summed E-state index contributed by atoms with van der Waals surface area (Å²) in [5.41, 5.74) is -0.882. The Balaban J connectivity index is 2.49. The van der Waals surface area contributed by atoms with Gasteiger partial charge >= 0.3 is 5.97 Å². The molecule has 0 saturated heterocycles. The second-order valence-electron chi connectivity index (χ2n) is 8.16. The van der Waals surface area contributed by atoms with Crippen LogP contribution in [-0.4, -0.2) is 38.8 Å². The highest BCUT2D eigenvalue weighted by Crippen LogP contribution is 2.33. The largest absolute Gasteiger partial charge is 0.479 e. The van der Waals surface area contributed by atoms with Gasteiger partial charge in [-0.3, -0.25) is 4.79 Å². The number of carboxylic acid groups (broad SMARTS) is 1. The van der Waals surface area contributed by atoms with Gasteiger partial charge in [0, 0.05) is 12.3 Å². The summed E-state index contributed by atoms with van der Waals surface area (Å²) in [5, 5.41) is 28.6. The van der Waals surface area contributed by atoms with Crippen LogP contribution in [-0.2, 0) is 9.59 Å². The van der Waals surface area contributed by atoms with Gasteiger partial charge in [-0.25, -0.2) is 4.79 Å². The van der Waals surface area contributed by atoms with Crippen LogP contribution < -0.4 is 0 Å². The third-order valence-electron chi connectivity index (χ3n) is 5.80. The highest BCUT2D eigenvalue weighted by atomic mass is 16.4. The van der Waals surface area contributed by atoms with Crippen molar-refractivity contribution in [1.82, 2.24) is 0 Å². The predicted octanol–water partition coefficient (Wildman–Crippen LogP) is 4.59. The van der Waals surface area contributed by atoms with Crippen LogP contribution in [0.5, 0.6) is 0 Å². The number of hydrogen-bond acceptors (Lipinski definition) is 4. The van der Waals surface area contributed by atoms with Crippen LogP contribution in [0, 0.1) is 11.8 Å². The minimum absolute atomic E-state index is 0.0618. The molecule has 3 N–H and O–H groups in total. The Kier molecular flexibility index (Phi) is 11.8. The Bertz CT molecular complexity index is 580. The zero-order valence-corrected chi connectivity index (χ0v) is 17.8. The van der Waals surface area contributed by atoms with Gasteiger partial charge in [-0.2, -0.15) is 0 Å². The summed E-state index contributed by atoms with van der Waals surface area (Å²) in [6.07, 6.45) is 16.4. The first kappa shape index (κ1) is 25.3. The van der Waals surface area contributed by atoms with Gasteiger partial charge in [0.1, 0.15) is 5.78 Å². The van der Waals surface area contributed by atoms with Crippen molar-refractivity contribution < 1.29 is 24.9 Å². The topological polar surface area (TPSA) is 94.8 Å². The molecule has 0 aromatic rings. The Morgan fingerprint density at radius 2 is 2.03 bits per heavy atom. The third kappa shape index (κ3) is 9.55. The summed E-state index contributed by atoms with van der Waals surface area (Å²) < 4.78 is 0. The molecular weight excluding hydrogens is 368 g/mol. The van der Waals surface area contributed by atoms with Crippen LogP contribution >= 0.6 is 0 Å². The number of hydrogen-bond donors (Lipinski definition) is 3.